The van der Waals surface area contributed by atoms with Crippen LogP contribution >= 0.6 is 0 Å². The molecule has 2 aromatic carbocycles. The van der Waals surface area contributed by atoms with Gasteiger partial charge in [-0.15, -0.1) is 0 Å². The number of hydrogen-bond donors (Lipinski definition) is 2. The fourth-order valence-electron chi connectivity index (χ4n) is 2.27. The third kappa shape index (κ3) is 4.06. The quantitative estimate of drug-likeness (QED) is 0.666. The van der Waals surface area contributed by atoms with E-state index in [0.29, 0.717) is 12.4 Å². The first-order valence-corrected chi connectivity index (χ1v) is 7.56. The van der Waals surface area contributed by atoms with Crippen LogP contribution in [0.15, 0.2) is 48.7 Å². The van der Waals surface area contributed by atoms with Gasteiger partial charge >= 0.3 is 0 Å². The molecular weight excluding hydrogens is 329 g/mol. The molecule has 0 aliphatic rings. The van der Waals surface area contributed by atoms with E-state index in [1.165, 1.54) is 6.20 Å². The lowest BCUT2D eigenvalue weighted by Gasteiger charge is -2.10. The van der Waals surface area contributed by atoms with Crippen molar-refractivity contribution in [3.8, 4) is 0 Å². The number of halogens is 3. The number of nitrogens with one attached hydrogen (secondary N) is 2. The molecule has 0 radical (unpaired) electrons. The third-order valence-electron chi connectivity index (χ3n) is 3.49. The average Bonchev–Trinajstić information content (AvgIpc) is 2.61. The molecule has 0 fully saturated rings. The predicted molar refractivity (Wildman–Crippen MR) is 90.1 cm³/mol. The van der Waals surface area contributed by atoms with Crippen LogP contribution in [0, 0.1) is 24.4 Å². The molecule has 0 bridgehead atoms. The fourth-order valence-corrected chi connectivity index (χ4v) is 2.27. The summed E-state index contributed by atoms with van der Waals surface area (Å²) in [5, 5.41) is 5.67. The first-order valence-electron chi connectivity index (χ1n) is 7.56. The Hall–Kier alpha value is -3.09. The standard InChI is InChI=1S/C18H15F3N4/c1-11-3-2-4-12(9-11)10-23-15-7-8-22-18(25-15)24-14-6-5-13(19)16(20)17(14)21/h2-9H,10H2,1H3,(H2,22,23,24,25). The summed E-state index contributed by atoms with van der Waals surface area (Å²) in [5.41, 5.74) is 1.99. The summed E-state index contributed by atoms with van der Waals surface area (Å²) in [4.78, 5) is 8.13. The number of benzene rings is 2. The van der Waals surface area contributed by atoms with Crippen LogP contribution < -0.4 is 10.6 Å². The zero-order valence-corrected chi connectivity index (χ0v) is 13.4. The molecule has 0 amide bonds. The lowest BCUT2D eigenvalue weighted by Crippen LogP contribution is -2.05. The van der Waals surface area contributed by atoms with Gasteiger partial charge in [0.15, 0.2) is 17.5 Å². The highest BCUT2D eigenvalue weighted by Gasteiger charge is 2.14. The van der Waals surface area contributed by atoms with E-state index >= 15 is 0 Å². The van der Waals surface area contributed by atoms with Crippen LogP contribution in [0.2, 0.25) is 0 Å². The van der Waals surface area contributed by atoms with Crippen molar-refractivity contribution in [2.45, 2.75) is 13.5 Å². The number of aromatic nitrogens is 2. The molecule has 0 spiro atoms. The second kappa shape index (κ2) is 7.21. The molecule has 0 aliphatic heterocycles. The minimum atomic E-state index is -1.54. The number of aryl methyl sites for hydroxylation is 1. The van der Waals surface area contributed by atoms with E-state index in [-0.39, 0.29) is 11.6 Å². The molecule has 1 aromatic heterocycles. The monoisotopic (exact) mass is 344 g/mol. The molecule has 0 saturated heterocycles. The summed E-state index contributed by atoms with van der Waals surface area (Å²) in [5.74, 6) is -3.53. The molecule has 25 heavy (non-hydrogen) atoms. The van der Waals surface area contributed by atoms with Gasteiger partial charge in [-0.2, -0.15) is 4.98 Å². The van der Waals surface area contributed by atoms with E-state index in [0.717, 1.165) is 23.3 Å². The summed E-state index contributed by atoms with van der Waals surface area (Å²) >= 11 is 0. The van der Waals surface area contributed by atoms with Gasteiger partial charge in [0.25, 0.3) is 0 Å². The SMILES string of the molecule is Cc1cccc(CNc2ccnc(Nc3ccc(F)c(F)c3F)n2)c1. The highest BCUT2D eigenvalue weighted by Crippen LogP contribution is 2.22. The van der Waals surface area contributed by atoms with Crippen molar-refractivity contribution in [2.75, 3.05) is 10.6 Å². The van der Waals surface area contributed by atoms with Crippen LogP contribution in [0.3, 0.4) is 0 Å². The van der Waals surface area contributed by atoms with Crippen molar-refractivity contribution in [3.05, 3.63) is 77.2 Å². The zero-order valence-electron chi connectivity index (χ0n) is 13.4. The molecule has 0 aliphatic carbocycles. The van der Waals surface area contributed by atoms with E-state index in [9.17, 15) is 13.2 Å². The van der Waals surface area contributed by atoms with Gasteiger partial charge in [-0.05, 0) is 30.7 Å². The van der Waals surface area contributed by atoms with Crippen molar-refractivity contribution in [1.29, 1.82) is 0 Å². The molecule has 3 aromatic rings. The van der Waals surface area contributed by atoms with Crippen molar-refractivity contribution in [1.82, 2.24) is 9.97 Å². The van der Waals surface area contributed by atoms with Crippen molar-refractivity contribution < 1.29 is 13.2 Å². The second-order valence-electron chi connectivity index (χ2n) is 5.46. The molecule has 7 heteroatoms. The summed E-state index contributed by atoms with van der Waals surface area (Å²) in [6, 6.07) is 11.6. The molecule has 128 valence electrons. The van der Waals surface area contributed by atoms with Gasteiger partial charge in [0.1, 0.15) is 5.82 Å². The van der Waals surface area contributed by atoms with Gasteiger partial charge in [-0.25, -0.2) is 18.2 Å². The fraction of sp³-hybridized carbons (Fsp3) is 0.111. The average molecular weight is 344 g/mol. The van der Waals surface area contributed by atoms with Crippen LogP contribution in [-0.2, 0) is 6.54 Å². The molecule has 0 unspecified atom stereocenters. The van der Waals surface area contributed by atoms with E-state index in [1.54, 1.807) is 6.07 Å². The summed E-state index contributed by atoms with van der Waals surface area (Å²) in [7, 11) is 0. The van der Waals surface area contributed by atoms with Crippen LogP contribution in [-0.4, -0.2) is 9.97 Å². The number of anilines is 3. The molecule has 3 rings (SSSR count). The van der Waals surface area contributed by atoms with Crippen LogP contribution in [0.4, 0.5) is 30.6 Å². The minimum Gasteiger partial charge on any atom is -0.366 e. The zero-order chi connectivity index (χ0) is 17.8. The minimum absolute atomic E-state index is 0.0687. The van der Waals surface area contributed by atoms with E-state index in [1.807, 2.05) is 31.2 Å². The Bertz CT molecular complexity index is 899. The summed E-state index contributed by atoms with van der Waals surface area (Å²) < 4.78 is 39.9. The van der Waals surface area contributed by atoms with Crippen molar-refractivity contribution in [3.63, 3.8) is 0 Å². The molecule has 4 nitrogen and oxygen atoms in total. The van der Waals surface area contributed by atoms with Crippen LogP contribution in [0.1, 0.15) is 11.1 Å². The summed E-state index contributed by atoms with van der Waals surface area (Å²) in [6.45, 7) is 2.56. The molecular formula is C18H15F3N4. The van der Waals surface area contributed by atoms with E-state index in [2.05, 4.69) is 20.6 Å². The lowest BCUT2D eigenvalue weighted by molar-refractivity contribution is 0.449. The maximum Gasteiger partial charge on any atom is 0.229 e. The Balaban J connectivity index is 1.72. The largest absolute Gasteiger partial charge is 0.366 e. The molecule has 2 N–H and O–H groups in total. The first kappa shape index (κ1) is 16.8. The molecule has 1 heterocycles. The normalized spacial score (nSPS) is 10.6. The smallest absolute Gasteiger partial charge is 0.229 e. The molecule has 0 saturated carbocycles. The topological polar surface area (TPSA) is 49.8 Å². The van der Waals surface area contributed by atoms with Gasteiger partial charge < -0.3 is 10.6 Å². The number of hydrogen-bond acceptors (Lipinski definition) is 4. The van der Waals surface area contributed by atoms with Gasteiger partial charge in [-0.1, -0.05) is 29.8 Å². The summed E-state index contributed by atoms with van der Waals surface area (Å²) in [6.07, 6.45) is 1.48. The number of nitrogens with zero attached hydrogens (tertiary/aromatic N) is 2. The van der Waals surface area contributed by atoms with E-state index in [4.69, 9.17) is 0 Å². The second-order valence-corrected chi connectivity index (χ2v) is 5.46. The highest BCUT2D eigenvalue weighted by molar-refractivity contribution is 5.55. The van der Waals surface area contributed by atoms with Gasteiger partial charge in [0.05, 0.1) is 5.69 Å². The van der Waals surface area contributed by atoms with E-state index < -0.39 is 17.5 Å². The van der Waals surface area contributed by atoms with Gasteiger partial charge in [0.2, 0.25) is 5.95 Å². The highest BCUT2D eigenvalue weighted by atomic mass is 19.2. The Morgan fingerprint density at radius 3 is 2.64 bits per heavy atom. The predicted octanol–water partition coefficient (Wildman–Crippen LogP) is 4.56. The maximum absolute atomic E-state index is 13.7. The molecule has 0 atom stereocenters. The number of rotatable bonds is 5. The van der Waals surface area contributed by atoms with Gasteiger partial charge in [-0.3, -0.25) is 0 Å². The Morgan fingerprint density at radius 2 is 1.84 bits per heavy atom. The Morgan fingerprint density at radius 1 is 1.00 bits per heavy atom. The van der Waals surface area contributed by atoms with Crippen molar-refractivity contribution in [2.24, 2.45) is 0 Å². The lowest BCUT2D eigenvalue weighted by atomic mass is 10.1. The van der Waals surface area contributed by atoms with Gasteiger partial charge in [0, 0.05) is 12.7 Å². The first-order chi connectivity index (χ1) is 12.0. The van der Waals surface area contributed by atoms with Crippen LogP contribution in [0.25, 0.3) is 0 Å². The third-order valence-corrected chi connectivity index (χ3v) is 3.49. The van der Waals surface area contributed by atoms with Crippen molar-refractivity contribution >= 4 is 17.5 Å². The Labute approximate surface area is 142 Å². The maximum atomic E-state index is 13.7. The van der Waals surface area contributed by atoms with Crippen LogP contribution in [0.5, 0.6) is 0 Å². The Kier molecular flexibility index (Phi) is 4.83.